The first-order valence-electron chi connectivity index (χ1n) is 9.24. The zero-order chi connectivity index (χ0) is 21.1. The van der Waals surface area contributed by atoms with Crippen LogP contribution in [0, 0.1) is 11.3 Å². The van der Waals surface area contributed by atoms with E-state index in [0.717, 1.165) is 6.26 Å². The summed E-state index contributed by atoms with van der Waals surface area (Å²) in [5.74, 6) is -2.46. The van der Waals surface area contributed by atoms with Crippen molar-refractivity contribution < 1.29 is 37.1 Å². The van der Waals surface area contributed by atoms with Crippen molar-refractivity contribution >= 4 is 32.8 Å². The molecule has 4 aliphatic rings. The molecule has 2 aliphatic heterocycles. The van der Waals surface area contributed by atoms with Crippen LogP contribution in [0.1, 0.15) is 52.9 Å². The Morgan fingerprint density at radius 3 is 2.46 bits per heavy atom. The van der Waals surface area contributed by atoms with Gasteiger partial charge in [-0.3, -0.25) is 19.2 Å². The van der Waals surface area contributed by atoms with Gasteiger partial charge in [0.2, 0.25) is 15.6 Å². The van der Waals surface area contributed by atoms with Gasteiger partial charge in [-0.15, -0.1) is 0 Å². The van der Waals surface area contributed by atoms with Crippen molar-refractivity contribution in [2.24, 2.45) is 11.3 Å². The Hall–Kier alpha value is -1.97. The lowest BCUT2D eigenvalue weighted by Crippen LogP contribution is -2.68. The molecule has 0 aromatic heterocycles. The van der Waals surface area contributed by atoms with Crippen molar-refractivity contribution in [3.8, 4) is 0 Å². The monoisotopic (exact) mass is 415 g/mol. The summed E-state index contributed by atoms with van der Waals surface area (Å²) in [7, 11) is -4.02. The van der Waals surface area contributed by atoms with Gasteiger partial charge in [-0.1, -0.05) is 6.92 Å². The number of carbonyl (C=O) groups excluding carboxylic acids is 4. The molecule has 0 spiro atoms. The van der Waals surface area contributed by atoms with Crippen molar-refractivity contribution in [3.05, 3.63) is 0 Å². The number of ketones is 1. The van der Waals surface area contributed by atoms with Crippen LogP contribution in [0.25, 0.3) is 0 Å². The highest BCUT2D eigenvalue weighted by molar-refractivity contribution is 8.05. The van der Waals surface area contributed by atoms with Gasteiger partial charge in [0.05, 0.1) is 16.9 Å². The number of carbonyl (C=O) groups is 4. The second-order valence-electron chi connectivity index (χ2n) is 8.86. The number of ether oxygens (including phenoxy) is 2. The van der Waals surface area contributed by atoms with Gasteiger partial charge in [0.25, 0.3) is 0 Å². The number of fused-ring (bicyclic) bond motifs is 1. The molecule has 1 N–H and O–H groups in total. The lowest BCUT2D eigenvalue weighted by molar-refractivity contribution is -0.190. The quantitative estimate of drug-likeness (QED) is 0.670. The zero-order valence-corrected chi connectivity index (χ0v) is 17.2. The molecule has 0 radical (unpaired) electrons. The summed E-state index contributed by atoms with van der Waals surface area (Å²) in [6, 6.07) is 0. The first kappa shape index (κ1) is 20.8. The van der Waals surface area contributed by atoms with Gasteiger partial charge in [0, 0.05) is 25.5 Å². The van der Waals surface area contributed by atoms with Crippen LogP contribution in [-0.2, 0) is 33.7 Å². The van der Waals surface area contributed by atoms with Crippen LogP contribution in [0.4, 0.5) is 4.79 Å². The maximum Gasteiger partial charge on any atom is 0.336 e. The molecule has 156 valence electrons. The number of sulfone groups is 1. The van der Waals surface area contributed by atoms with Crippen molar-refractivity contribution in [2.45, 2.75) is 70.1 Å². The molecule has 2 heterocycles. The van der Waals surface area contributed by atoms with Crippen molar-refractivity contribution in [1.82, 2.24) is 5.32 Å². The minimum Gasteiger partial charge on any atom is -0.454 e. The normalized spacial score (nSPS) is 34.6. The molecule has 4 atom stereocenters. The summed E-state index contributed by atoms with van der Waals surface area (Å²) >= 11 is 0. The molecule has 2 saturated heterocycles. The molecule has 4 unspecified atom stereocenters. The first-order chi connectivity index (χ1) is 12.7. The third kappa shape index (κ3) is 3.31. The molecular formula is C18H25NO8S. The Kier molecular flexibility index (Phi) is 4.64. The average molecular weight is 415 g/mol. The fourth-order valence-corrected chi connectivity index (χ4v) is 4.66. The molecule has 4 rings (SSSR count). The summed E-state index contributed by atoms with van der Waals surface area (Å²) in [6.07, 6.45) is 0.0702. The Morgan fingerprint density at radius 2 is 1.89 bits per heavy atom. The second-order valence-corrected chi connectivity index (χ2v) is 10.8. The number of rotatable bonds is 4. The minimum atomic E-state index is -4.02. The fourth-order valence-electron chi connectivity index (χ4n) is 4.26. The van der Waals surface area contributed by atoms with Gasteiger partial charge in [-0.25, -0.2) is 8.42 Å². The number of amides is 1. The van der Waals surface area contributed by atoms with Gasteiger partial charge in [-0.05, 0) is 26.7 Å². The van der Waals surface area contributed by atoms with Crippen LogP contribution in [0.5, 0.6) is 0 Å². The minimum absolute atomic E-state index is 0.0246. The predicted molar refractivity (Wildman–Crippen MR) is 95.8 cm³/mol. The third-order valence-electron chi connectivity index (χ3n) is 6.18. The van der Waals surface area contributed by atoms with E-state index in [4.69, 9.17) is 9.47 Å². The molecule has 28 heavy (non-hydrogen) atoms. The molecule has 2 aliphatic carbocycles. The van der Waals surface area contributed by atoms with E-state index >= 15 is 0 Å². The summed E-state index contributed by atoms with van der Waals surface area (Å²) < 4.78 is 34.3. The second kappa shape index (κ2) is 6.27. The summed E-state index contributed by atoms with van der Waals surface area (Å²) in [5, 5.41) is 1.30. The molecule has 4 fully saturated rings. The molecule has 9 nitrogen and oxygen atoms in total. The summed E-state index contributed by atoms with van der Waals surface area (Å²) in [6.45, 7) is 5.20. The largest absolute Gasteiger partial charge is 0.454 e. The Balaban J connectivity index is 2.01. The van der Waals surface area contributed by atoms with Gasteiger partial charge in [0.1, 0.15) is 0 Å². The number of hydrogen-bond acceptors (Lipinski definition) is 8. The number of nitrogens with one attached hydrogen (secondary N) is 1. The van der Waals surface area contributed by atoms with Crippen molar-refractivity contribution in [2.75, 3.05) is 6.26 Å². The van der Waals surface area contributed by atoms with Crippen molar-refractivity contribution in [1.29, 1.82) is 0 Å². The van der Waals surface area contributed by atoms with E-state index in [0.29, 0.717) is 6.42 Å². The maximum absolute atomic E-state index is 13.1. The standard InChI is InChI=1S/C18H25NO8S/c1-5-16(2,3)14(22)27-18-7-10-6-17(9-18,19-15(23)28(4,24)25)8-11(12(18)20)26-13(10)21/h10-11H,5-9H2,1-4H3,(H,19,23). The van der Waals surface area contributed by atoms with E-state index in [1.807, 2.05) is 6.92 Å². The van der Waals surface area contributed by atoms with Gasteiger partial charge >= 0.3 is 17.2 Å². The highest BCUT2D eigenvalue weighted by Gasteiger charge is 2.66. The van der Waals surface area contributed by atoms with Crippen LogP contribution in [0.2, 0.25) is 0 Å². The summed E-state index contributed by atoms with van der Waals surface area (Å²) in [4.78, 5) is 50.3. The average Bonchev–Trinajstić information content (AvgIpc) is 2.71. The smallest absolute Gasteiger partial charge is 0.336 e. The molecule has 1 amide bonds. The van der Waals surface area contributed by atoms with Crippen LogP contribution in [0.3, 0.4) is 0 Å². The lowest BCUT2D eigenvalue weighted by atomic mass is 9.60. The summed E-state index contributed by atoms with van der Waals surface area (Å²) in [5.41, 5.74) is -3.64. The van der Waals surface area contributed by atoms with Crippen LogP contribution in [0.15, 0.2) is 0 Å². The Labute approximate surface area is 163 Å². The molecule has 10 heteroatoms. The fraction of sp³-hybridized carbons (Fsp3) is 0.778. The van der Waals surface area contributed by atoms with E-state index in [9.17, 15) is 27.6 Å². The highest BCUT2D eigenvalue weighted by atomic mass is 32.2. The van der Waals surface area contributed by atoms with E-state index in [1.54, 1.807) is 13.8 Å². The molecular weight excluding hydrogens is 390 g/mol. The first-order valence-corrected chi connectivity index (χ1v) is 11.1. The zero-order valence-electron chi connectivity index (χ0n) is 16.4. The van der Waals surface area contributed by atoms with E-state index in [-0.39, 0.29) is 25.7 Å². The van der Waals surface area contributed by atoms with E-state index in [2.05, 4.69) is 5.32 Å². The van der Waals surface area contributed by atoms with Crippen LogP contribution in [-0.4, -0.2) is 54.9 Å². The topological polar surface area (TPSA) is 133 Å². The van der Waals surface area contributed by atoms with E-state index in [1.165, 1.54) is 0 Å². The molecule has 0 aromatic carbocycles. The van der Waals surface area contributed by atoms with Gasteiger partial charge in [0.15, 0.2) is 11.7 Å². The number of hydrogen-bond donors (Lipinski definition) is 1. The SMILES string of the molecule is CCC(C)(C)C(=O)OC12CC3CC(NC(=O)S(C)(=O)=O)(CC(OC3=O)C1=O)C2. The van der Waals surface area contributed by atoms with Gasteiger partial charge in [-0.2, -0.15) is 0 Å². The van der Waals surface area contributed by atoms with Gasteiger partial charge < -0.3 is 14.8 Å². The lowest BCUT2D eigenvalue weighted by Gasteiger charge is -2.51. The number of esters is 2. The number of Topliss-reactive ketones (excluding diaryl/α,β-unsaturated/α-hetero) is 1. The van der Waals surface area contributed by atoms with E-state index < -0.39 is 61.4 Å². The molecule has 0 aromatic rings. The van der Waals surface area contributed by atoms with Crippen LogP contribution >= 0.6 is 0 Å². The van der Waals surface area contributed by atoms with Crippen LogP contribution < -0.4 is 5.32 Å². The Bertz CT molecular complexity index is 863. The van der Waals surface area contributed by atoms with Crippen molar-refractivity contribution in [3.63, 3.8) is 0 Å². The Morgan fingerprint density at radius 1 is 1.25 bits per heavy atom. The highest BCUT2D eigenvalue weighted by Crippen LogP contribution is 2.52. The molecule has 2 saturated carbocycles. The maximum atomic E-state index is 13.1. The predicted octanol–water partition coefficient (Wildman–Crippen LogP) is 0.896. The third-order valence-corrected chi connectivity index (χ3v) is 6.95. The molecule has 4 bridgehead atoms.